The van der Waals surface area contributed by atoms with E-state index in [1.807, 2.05) is 0 Å². The quantitative estimate of drug-likeness (QED) is 0.412. The minimum absolute atomic E-state index is 0. The maximum Gasteiger partial charge on any atom is 3.00 e. The van der Waals surface area contributed by atoms with E-state index in [-0.39, 0.29) is 51.0 Å². The molecule has 0 heterocycles. The zero-order chi connectivity index (χ0) is 6.97. The van der Waals surface area contributed by atoms with Gasteiger partial charge >= 0.3 is 26.2 Å². The molecule has 0 aromatic heterocycles. The van der Waals surface area contributed by atoms with E-state index in [2.05, 4.69) is 31.6 Å². The summed E-state index contributed by atoms with van der Waals surface area (Å²) in [5.41, 5.74) is 1.58. The Kier molecular flexibility index (Phi) is 8.94. The Hall–Kier alpha value is 0.813. The molecule has 0 N–H and O–H groups in total. The van der Waals surface area contributed by atoms with Crippen LogP contribution in [0.4, 0.5) is 0 Å². The molecule has 2 rings (SSSR count). The fraction of sp³-hybridized carbons (Fsp3) is 0.500. The van der Waals surface area contributed by atoms with Gasteiger partial charge in [-0.05, 0) is 12.3 Å². The van der Waals surface area contributed by atoms with Gasteiger partial charge in [0.1, 0.15) is 0 Å². The Labute approximate surface area is 112 Å². The van der Waals surface area contributed by atoms with Gasteiger partial charge in [0, 0.05) is 0 Å². The van der Waals surface area contributed by atoms with Crippen LogP contribution in [0.3, 0.4) is 0 Å². The fourth-order valence-corrected chi connectivity index (χ4v) is 1.96. The van der Waals surface area contributed by atoms with E-state index in [0.717, 1.165) is 11.8 Å². The molecular weight excluding hydrogens is 282 g/mol. The second kappa shape index (κ2) is 7.15. The molecule has 0 aromatic carbocycles. The number of halogens is 2. The van der Waals surface area contributed by atoms with Crippen LogP contribution in [0.5, 0.6) is 0 Å². The van der Waals surface area contributed by atoms with Gasteiger partial charge in [-0.1, -0.05) is 19.3 Å². The van der Waals surface area contributed by atoms with Gasteiger partial charge in [0.25, 0.3) is 0 Å². The molecule has 0 saturated heterocycles. The normalized spacial score (nSPS) is 28.2. The number of hydrogen-bond donors (Lipinski definition) is 0. The number of rotatable bonds is 0. The minimum atomic E-state index is 0. The Bertz CT molecular complexity index is 199. The van der Waals surface area contributed by atoms with E-state index in [9.17, 15) is 0 Å². The minimum Gasteiger partial charge on any atom is -1.00 e. The summed E-state index contributed by atoms with van der Waals surface area (Å²) in [5, 5.41) is 0. The van der Waals surface area contributed by atoms with Crippen LogP contribution in [0, 0.1) is 18.3 Å². The smallest absolute Gasteiger partial charge is 1.00 e. The van der Waals surface area contributed by atoms with Crippen molar-refractivity contribution < 1.29 is 51.0 Å². The van der Waals surface area contributed by atoms with E-state index in [1.165, 1.54) is 12.8 Å². The van der Waals surface area contributed by atoms with Crippen LogP contribution in [0.25, 0.3) is 0 Å². The van der Waals surface area contributed by atoms with Crippen molar-refractivity contribution in [1.29, 1.82) is 0 Å². The second-order valence-corrected chi connectivity index (χ2v) is 3.41. The van der Waals surface area contributed by atoms with Gasteiger partial charge in [0.05, 0.1) is 0 Å². The summed E-state index contributed by atoms with van der Waals surface area (Å²) in [5.74, 6) is 1.68. The van der Waals surface area contributed by atoms with Crippen LogP contribution in [0.1, 0.15) is 19.8 Å². The van der Waals surface area contributed by atoms with Crippen molar-refractivity contribution in [3.63, 3.8) is 0 Å². The Morgan fingerprint density at radius 2 is 2.08 bits per heavy atom. The van der Waals surface area contributed by atoms with Gasteiger partial charge in [-0.3, -0.25) is 0 Å². The molecule has 2 aliphatic carbocycles. The van der Waals surface area contributed by atoms with Crippen molar-refractivity contribution in [2.45, 2.75) is 19.8 Å². The Morgan fingerprint density at radius 3 is 2.69 bits per heavy atom. The topological polar surface area (TPSA) is 0 Å². The van der Waals surface area contributed by atoms with Gasteiger partial charge in [0.15, 0.2) is 0 Å². The maximum atomic E-state index is 2.41. The first-order chi connectivity index (χ1) is 4.86. The van der Waals surface area contributed by atoms with Crippen molar-refractivity contribution in [3.05, 3.63) is 30.2 Å². The first kappa shape index (κ1) is 16.3. The Balaban J connectivity index is 0. The van der Waals surface area contributed by atoms with Crippen LogP contribution < -0.4 is 24.8 Å². The molecule has 2 aliphatic rings. The van der Waals surface area contributed by atoms with Crippen LogP contribution in [-0.4, -0.2) is 0 Å². The van der Waals surface area contributed by atoms with Crippen molar-refractivity contribution in [3.8, 4) is 0 Å². The van der Waals surface area contributed by atoms with Gasteiger partial charge in [-0.15, -0.1) is 12.2 Å². The maximum absolute atomic E-state index is 2.41. The van der Waals surface area contributed by atoms with E-state index in [0.29, 0.717) is 0 Å². The predicted octanol–water partition coefficient (Wildman–Crippen LogP) is -3.26. The van der Waals surface area contributed by atoms with Crippen molar-refractivity contribution in [2.24, 2.45) is 11.8 Å². The van der Waals surface area contributed by atoms with Crippen LogP contribution >= 0.6 is 0 Å². The van der Waals surface area contributed by atoms with Gasteiger partial charge in [-0.2, -0.15) is 0 Å². The summed E-state index contributed by atoms with van der Waals surface area (Å²) in [6.45, 7) is 2.30. The number of fused-ring (bicyclic) bond motifs is 1. The van der Waals surface area contributed by atoms with Gasteiger partial charge in [-0.25, -0.2) is 18.1 Å². The molecule has 71 valence electrons. The monoisotopic (exact) mass is 293 g/mol. The third kappa shape index (κ3) is 3.82. The van der Waals surface area contributed by atoms with E-state index in [4.69, 9.17) is 0 Å². The van der Waals surface area contributed by atoms with E-state index >= 15 is 0 Å². The van der Waals surface area contributed by atoms with Crippen LogP contribution in [0.2, 0.25) is 0 Å². The first-order valence-electron chi connectivity index (χ1n) is 4.08. The fourth-order valence-electron chi connectivity index (χ4n) is 1.96. The SMILES string of the molecule is CC1[CH-]C2=CC=CCC2C1.[Cl-].[Cl-].[Zr+3]. The molecule has 0 aliphatic heterocycles. The van der Waals surface area contributed by atoms with Gasteiger partial charge < -0.3 is 24.8 Å². The first-order valence-corrected chi connectivity index (χ1v) is 4.08. The van der Waals surface area contributed by atoms with Crippen molar-refractivity contribution in [2.75, 3.05) is 0 Å². The predicted molar refractivity (Wildman–Crippen MR) is 43.4 cm³/mol. The largest absolute Gasteiger partial charge is 3.00 e. The average Bonchev–Trinajstić information content (AvgIpc) is 2.27. The molecule has 1 saturated carbocycles. The van der Waals surface area contributed by atoms with Crippen molar-refractivity contribution >= 4 is 0 Å². The van der Waals surface area contributed by atoms with Crippen LogP contribution in [0.15, 0.2) is 23.8 Å². The zero-order valence-corrected chi connectivity index (χ0v) is 11.6. The molecule has 13 heavy (non-hydrogen) atoms. The molecule has 0 nitrogen and oxygen atoms in total. The Morgan fingerprint density at radius 1 is 1.38 bits per heavy atom. The molecule has 0 aromatic rings. The molecule has 0 spiro atoms. The summed E-state index contributed by atoms with van der Waals surface area (Å²) in [6.07, 6.45) is 11.8. The summed E-state index contributed by atoms with van der Waals surface area (Å²) in [6, 6.07) is 0. The standard InChI is InChI=1S/C10H13.2ClH.Zr/c1-8-6-9-4-2-3-5-10(9)7-8;;;/h2-4,6,8,10H,5,7H2,1H3;2*1H;/q-1;;;+3/p-2. The van der Waals surface area contributed by atoms with Crippen LogP contribution in [-0.2, 0) is 26.2 Å². The summed E-state index contributed by atoms with van der Waals surface area (Å²) >= 11 is 0. The zero-order valence-electron chi connectivity index (χ0n) is 7.63. The van der Waals surface area contributed by atoms with Crippen molar-refractivity contribution in [1.82, 2.24) is 0 Å². The van der Waals surface area contributed by atoms with Gasteiger partial charge in [0.2, 0.25) is 0 Å². The average molecular weight is 295 g/mol. The molecule has 0 amide bonds. The molecular formula is C10H13Cl2Zr. The number of hydrogen-bond acceptors (Lipinski definition) is 0. The third-order valence-corrected chi connectivity index (χ3v) is 2.45. The summed E-state index contributed by atoms with van der Waals surface area (Å²) in [4.78, 5) is 0. The molecule has 0 bridgehead atoms. The third-order valence-electron chi connectivity index (χ3n) is 2.45. The van der Waals surface area contributed by atoms with E-state index < -0.39 is 0 Å². The molecule has 2 atom stereocenters. The molecule has 1 radical (unpaired) electrons. The second-order valence-electron chi connectivity index (χ2n) is 3.41. The summed E-state index contributed by atoms with van der Waals surface area (Å²) < 4.78 is 0. The summed E-state index contributed by atoms with van der Waals surface area (Å²) in [7, 11) is 0. The molecule has 1 fully saturated rings. The number of allylic oxidation sites excluding steroid dienone is 4. The van der Waals surface area contributed by atoms with E-state index in [1.54, 1.807) is 5.57 Å². The molecule has 2 unspecified atom stereocenters. The molecule has 3 heteroatoms.